The number of alkyl halides is 2. The summed E-state index contributed by atoms with van der Waals surface area (Å²) < 4.78 is 9.73. The van der Waals surface area contributed by atoms with Gasteiger partial charge in [0.1, 0.15) is 38.7 Å². The fraction of sp³-hybridized carbons (Fsp3) is 0.590. The van der Waals surface area contributed by atoms with Crippen molar-refractivity contribution in [3.63, 3.8) is 0 Å². The molecule has 0 spiro atoms. The number of thioether (sulfide) groups is 2. The maximum atomic E-state index is 12.9. The molecule has 6 N–H and O–H groups in total. The predicted molar refractivity (Wildman–Crippen MR) is 247 cm³/mol. The standard InChI is InChI=1S/C22H25NO4S.C7H13NO2S.C5H11NO2S.C3H9ClSi.C2H4Cl2.Na.H2O/c1-22(2)19(20(24)26-15-17-9-5-3-6-10-17)23(13-14-28-22)21(25)27-16-18-11-7-4-8-12-18;1-7(2)5(6(9)10)8-3-4-11-7;1-5(2,9)3(6)4(7)8;1-5(2,3)4;3-1-2-4;;/h3-12,19H,13-16H2,1-2H3;5,8H,3-4H2,1-2H3,(H,9,10);3,9H,6H2,1-2H3,(H,7,8);1-3H3;1-2H2;;1H2/q;;;;;+1;/p-1/t19-;5-;3-;;;;/m111..../s1. The summed E-state index contributed by atoms with van der Waals surface area (Å²) in [7, 11) is -1.14. The molecule has 0 radical (unpaired) electrons. The Morgan fingerprint density at radius 1 is 0.898 bits per heavy atom. The molecule has 2 aromatic rings. The zero-order valence-electron chi connectivity index (χ0n) is 35.9. The number of carbonyl (C=O) groups excluding carboxylic acids is 2. The Hall–Kier alpha value is -0.863. The molecule has 2 aliphatic rings. The third kappa shape index (κ3) is 27.7. The molecule has 332 valence electrons. The van der Waals surface area contributed by atoms with E-state index in [9.17, 15) is 19.2 Å². The van der Waals surface area contributed by atoms with E-state index >= 15 is 0 Å². The summed E-state index contributed by atoms with van der Waals surface area (Å²) in [5.74, 6) is 0.686. The third-order valence-corrected chi connectivity index (χ3v) is 11.2. The number of carboxylic acid groups (broad SMARTS) is 2. The zero-order chi connectivity index (χ0) is 44.0. The van der Waals surface area contributed by atoms with Gasteiger partial charge in [-0.2, -0.15) is 47.2 Å². The Kier molecular flexibility index (Phi) is 32.9. The Morgan fingerprint density at radius 2 is 1.32 bits per heavy atom. The van der Waals surface area contributed by atoms with Crippen molar-refractivity contribution in [1.82, 2.24) is 10.2 Å². The Morgan fingerprint density at radius 3 is 1.66 bits per heavy atom. The Bertz CT molecular complexity index is 1490. The van der Waals surface area contributed by atoms with Crippen LogP contribution in [0.5, 0.6) is 0 Å². The number of amides is 1. The van der Waals surface area contributed by atoms with Crippen molar-refractivity contribution in [2.24, 2.45) is 5.73 Å². The van der Waals surface area contributed by atoms with Crippen LogP contribution in [0.2, 0.25) is 19.6 Å². The molecule has 0 bridgehead atoms. The van der Waals surface area contributed by atoms with Crippen LogP contribution in [0.3, 0.4) is 0 Å². The minimum Gasteiger partial charge on any atom is -0.870 e. The van der Waals surface area contributed by atoms with E-state index in [1.54, 1.807) is 37.4 Å². The molecule has 2 aliphatic heterocycles. The molecule has 0 aliphatic carbocycles. The van der Waals surface area contributed by atoms with Gasteiger partial charge in [0.25, 0.3) is 0 Å². The molecule has 0 unspecified atom stereocenters. The van der Waals surface area contributed by atoms with Crippen LogP contribution < -0.4 is 40.6 Å². The van der Waals surface area contributed by atoms with Crippen LogP contribution in [0, 0.1) is 0 Å². The number of rotatable bonds is 9. The zero-order valence-corrected chi connectivity index (χ0v) is 43.7. The predicted octanol–water partition coefficient (Wildman–Crippen LogP) is 5.28. The van der Waals surface area contributed by atoms with Crippen LogP contribution in [-0.2, 0) is 37.1 Å². The second-order valence-electron chi connectivity index (χ2n) is 15.3. The molecule has 20 heteroatoms. The number of hydrogen-bond donors (Lipinski definition) is 5. The van der Waals surface area contributed by atoms with E-state index in [1.807, 2.05) is 88.4 Å². The van der Waals surface area contributed by atoms with E-state index in [0.717, 1.165) is 29.2 Å². The fourth-order valence-electron chi connectivity index (χ4n) is 4.74. The van der Waals surface area contributed by atoms with Gasteiger partial charge in [-0.3, -0.25) is 14.5 Å². The number of esters is 1. The van der Waals surface area contributed by atoms with E-state index in [0.29, 0.717) is 18.3 Å². The Labute approximate surface area is 403 Å². The monoisotopic (exact) mass is 969 g/mol. The van der Waals surface area contributed by atoms with Crippen molar-refractivity contribution in [2.75, 3.05) is 36.4 Å². The van der Waals surface area contributed by atoms with Gasteiger partial charge in [-0.05, 0) is 52.7 Å². The SMILES string of the molecule is CC(C)(S)[C@H](N)C(=O)O.CC1(C)SCCN(C(=O)OCc2ccccc2)[C@@H]1C(=O)OCc1ccccc1.CC1(C)SCCN[C@@H]1C(=O)O.C[Si](C)(C)Cl.ClCCCl.[Na+].[OH-]. The van der Waals surface area contributed by atoms with E-state index in [4.69, 9.17) is 59.7 Å². The second-order valence-corrected chi connectivity index (χ2v) is 28.2. The van der Waals surface area contributed by atoms with Crippen LogP contribution in [-0.4, -0.2) is 121 Å². The largest absolute Gasteiger partial charge is 1.00 e. The molecule has 2 saturated heterocycles. The first kappa shape index (κ1) is 62.4. The van der Waals surface area contributed by atoms with Gasteiger partial charge in [-0.15, -0.1) is 23.2 Å². The fourth-order valence-corrected chi connectivity index (χ4v) is 7.14. The number of carbonyl (C=O) groups is 4. The summed E-state index contributed by atoms with van der Waals surface area (Å²) in [6.45, 7) is 19.1. The topological polar surface area (TPSA) is 198 Å². The number of nitrogens with zero attached hydrogens (tertiary/aromatic N) is 1. The van der Waals surface area contributed by atoms with Gasteiger partial charge >= 0.3 is 53.6 Å². The van der Waals surface area contributed by atoms with Crippen LogP contribution in [0.1, 0.15) is 52.7 Å². The molecule has 12 nitrogen and oxygen atoms in total. The molecule has 2 heterocycles. The maximum Gasteiger partial charge on any atom is 1.00 e. The van der Waals surface area contributed by atoms with Crippen molar-refractivity contribution in [1.29, 1.82) is 0 Å². The number of benzene rings is 2. The number of halogens is 3. The first-order chi connectivity index (χ1) is 26.3. The molecule has 59 heavy (non-hydrogen) atoms. The van der Waals surface area contributed by atoms with Gasteiger partial charge in [-0.1, -0.05) is 80.3 Å². The van der Waals surface area contributed by atoms with E-state index in [-0.39, 0.29) is 53.0 Å². The van der Waals surface area contributed by atoms with Crippen molar-refractivity contribution in [3.8, 4) is 0 Å². The van der Waals surface area contributed by atoms with Gasteiger partial charge in [0.05, 0.1) is 0 Å². The third-order valence-electron chi connectivity index (χ3n) is 7.63. The molecule has 4 rings (SSSR count). The molecule has 1 amide bonds. The number of hydrogen-bond acceptors (Lipinski definition) is 12. The second kappa shape index (κ2) is 31.1. The van der Waals surface area contributed by atoms with E-state index in [1.165, 1.54) is 4.90 Å². The number of thiol groups is 1. The van der Waals surface area contributed by atoms with Crippen molar-refractivity contribution >= 4 is 102 Å². The first-order valence-corrected chi connectivity index (χ1v) is 26.2. The molecule has 0 saturated carbocycles. The average Bonchev–Trinajstić information content (AvgIpc) is 3.12. The normalized spacial score (nSPS) is 18.1. The number of carboxylic acids is 2. The first-order valence-electron chi connectivity index (χ1n) is 18.2. The Balaban J connectivity index is -0.000000832. The quantitative estimate of drug-likeness (QED) is 0.0717. The number of nitrogens with two attached hydrogens (primary N) is 1. The molecule has 2 aromatic carbocycles. The number of aliphatic carboxylic acids is 2. The van der Waals surface area contributed by atoms with Crippen molar-refractivity contribution in [2.45, 2.75) is 107 Å². The minimum absolute atomic E-state index is 0. The van der Waals surface area contributed by atoms with Gasteiger partial charge in [-0.25, -0.2) is 9.59 Å². The number of ether oxygens (including phenoxy) is 2. The molecule has 2 fully saturated rings. The number of nitrogens with one attached hydrogen (secondary N) is 1. The van der Waals surface area contributed by atoms with Crippen LogP contribution in [0.25, 0.3) is 0 Å². The molecule has 3 atom stereocenters. The van der Waals surface area contributed by atoms with Crippen LogP contribution in [0.15, 0.2) is 60.7 Å². The van der Waals surface area contributed by atoms with Crippen LogP contribution >= 0.6 is 70.4 Å². The van der Waals surface area contributed by atoms with Gasteiger partial charge in [0, 0.05) is 50.6 Å². The van der Waals surface area contributed by atoms with E-state index < -0.39 is 59.0 Å². The van der Waals surface area contributed by atoms with Gasteiger partial charge in [0.15, 0.2) is 0 Å². The maximum absolute atomic E-state index is 12.9. The summed E-state index contributed by atoms with van der Waals surface area (Å²) in [5.41, 5.74) is 7.04. The van der Waals surface area contributed by atoms with Gasteiger partial charge in [0.2, 0.25) is 0 Å². The molecule has 0 aromatic heterocycles. The summed E-state index contributed by atoms with van der Waals surface area (Å²) in [5, 5.41) is 20.1. The summed E-state index contributed by atoms with van der Waals surface area (Å²) in [6.07, 6.45) is -0.487. The molecular weight excluding hydrogens is 908 g/mol. The summed E-state index contributed by atoms with van der Waals surface area (Å²) in [4.78, 5) is 48.0. The van der Waals surface area contributed by atoms with Crippen LogP contribution in [0.4, 0.5) is 4.79 Å². The summed E-state index contributed by atoms with van der Waals surface area (Å²) in [6, 6.07) is 17.0. The average molecular weight is 972 g/mol. The smallest absolute Gasteiger partial charge is 0.870 e. The molecular formula is C39H63Cl3N3NaO9S3Si. The van der Waals surface area contributed by atoms with Crippen molar-refractivity contribution < 1.29 is 73.9 Å². The van der Waals surface area contributed by atoms with Gasteiger partial charge < -0.3 is 36.2 Å². The minimum atomic E-state index is -1.14. The van der Waals surface area contributed by atoms with Crippen molar-refractivity contribution in [3.05, 3.63) is 71.8 Å². The summed E-state index contributed by atoms with van der Waals surface area (Å²) >= 11 is 23.1. The van der Waals surface area contributed by atoms with E-state index in [2.05, 4.69) is 37.6 Å².